The van der Waals surface area contributed by atoms with Gasteiger partial charge < -0.3 is 19.7 Å². The number of likely N-dealkylation sites (tertiary alicyclic amines) is 1. The van der Waals surface area contributed by atoms with Crippen LogP contribution in [0.5, 0.6) is 5.75 Å². The summed E-state index contributed by atoms with van der Waals surface area (Å²) in [5, 5.41) is 15.4. The zero-order valence-electron chi connectivity index (χ0n) is 30.8. The molecule has 1 N–H and O–H groups in total. The van der Waals surface area contributed by atoms with Gasteiger partial charge in [0.2, 0.25) is 5.91 Å². The van der Waals surface area contributed by atoms with Crippen molar-refractivity contribution in [2.45, 2.75) is 49.9 Å². The molecule has 0 aromatic heterocycles. The van der Waals surface area contributed by atoms with Crippen LogP contribution >= 0.6 is 11.8 Å². The fourth-order valence-electron chi connectivity index (χ4n) is 7.31. The molecule has 1 saturated heterocycles. The maximum atomic E-state index is 14.4. The minimum absolute atomic E-state index is 0.0761. The average Bonchev–Trinajstić information content (AvgIpc) is 3.21. The second-order valence-electron chi connectivity index (χ2n) is 13.4. The van der Waals surface area contributed by atoms with Crippen molar-refractivity contribution >= 4 is 40.2 Å². The second kappa shape index (κ2) is 17.6. The number of amidine groups is 1. The molecule has 54 heavy (non-hydrogen) atoms. The number of benzene rings is 4. The van der Waals surface area contributed by atoms with Gasteiger partial charge in [0.05, 0.1) is 24.8 Å². The van der Waals surface area contributed by atoms with Crippen molar-refractivity contribution in [3.63, 3.8) is 0 Å². The number of anilines is 1. The number of amides is 1. The Morgan fingerprint density at radius 3 is 2.09 bits per heavy atom. The predicted octanol–water partition coefficient (Wildman–Crippen LogP) is 7.46. The summed E-state index contributed by atoms with van der Waals surface area (Å²) in [5.74, 6) is 0.460. The van der Waals surface area contributed by atoms with Gasteiger partial charge >= 0.3 is 5.97 Å². The quantitative estimate of drug-likeness (QED) is 0.0843. The van der Waals surface area contributed by atoms with Crippen LogP contribution in [0.3, 0.4) is 0 Å². The number of nitrogens with zero attached hydrogens (tertiary/aromatic N) is 4. The Balaban J connectivity index is 1.19. The zero-order chi connectivity index (χ0) is 38.1. The maximum Gasteiger partial charge on any atom is 0.339 e. The number of nitro groups is 1. The minimum Gasteiger partial charge on any atom is -0.497 e. The van der Waals surface area contributed by atoms with E-state index in [9.17, 15) is 19.7 Å². The molecule has 0 bridgehead atoms. The third-order valence-corrected chi connectivity index (χ3v) is 11.2. The highest BCUT2D eigenvalue weighted by Crippen LogP contribution is 2.41. The molecular formula is C42H45N5O6S. The van der Waals surface area contributed by atoms with E-state index in [-0.39, 0.29) is 29.0 Å². The average molecular weight is 748 g/mol. The highest BCUT2D eigenvalue weighted by atomic mass is 32.2. The van der Waals surface area contributed by atoms with E-state index in [0.29, 0.717) is 28.7 Å². The lowest BCUT2D eigenvalue weighted by molar-refractivity contribution is -0.384. The Hall–Kier alpha value is -5.46. The number of aliphatic imine (C=N–C) groups is 1. The summed E-state index contributed by atoms with van der Waals surface area (Å²) in [6, 6.07) is 34.9. The smallest absolute Gasteiger partial charge is 0.339 e. The number of thioether (sulfide) groups is 1. The summed E-state index contributed by atoms with van der Waals surface area (Å²) in [6.07, 6.45) is 1.72. The van der Waals surface area contributed by atoms with Crippen LogP contribution in [-0.2, 0) is 25.5 Å². The molecule has 4 aromatic carbocycles. The number of piperidine rings is 1. The molecule has 0 saturated carbocycles. The molecule has 1 atom stereocenters. The van der Waals surface area contributed by atoms with Gasteiger partial charge in [0.25, 0.3) is 5.69 Å². The molecule has 2 aliphatic rings. The number of non-ortho nitro benzene ring substituents is 1. The summed E-state index contributed by atoms with van der Waals surface area (Å²) in [6.45, 7) is 4.20. The molecule has 11 nitrogen and oxygen atoms in total. The van der Waals surface area contributed by atoms with E-state index in [1.165, 1.54) is 59.2 Å². The summed E-state index contributed by atoms with van der Waals surface area (Å²) >= 11 is 1.43. The second-order valence-corrected chi connectivity index (χ2v) is 14.4. The molecule has 0 radical (unpaired) electrons. The van der Waals surface area contributed by atoms with Gasteiger partial charge in [-0.05, 0) is 86.8 Å². The molecule has 12 heteroatoms. The molecule has 6 rings (SSSR count). The third-order valence-electron chi connectivity index (χ3n) is 10.2. The fraction of sp³-hybridized carbons (Fsp3) is 0.310. The highest BCUT2D eigenvalue weighted by Gasteiger charge is 2.39. The van der Waals surface area contributed by atoms with Gasteiger partial charge in [-0.2, -0.15) is 0 Å². The van der Waals surface area contributed by atoms with Crippen LogP contribution in [0, 0.1) is 10.1 Å². The van der Waals surface area contributed by atoms with E-state index in [4.69, 9.17) is 9.47 Å². The van der Waals surface area contributed by atoms with Crippen LogP contribution in [0.1, 0.15) is 49.3 Å². The number of ether oxygens (including phenoxy) is 2. The topological polar surface area (TPSA) is 127 Å². The first-order valence-electron chi connectivity index (χ1n) is 18.0. The molecular weight excluding hydrogens is 703 g/mol. The standard InChI is InChI=1S/C42H45N5O6S/c1-30-38(40(49)53-3)39(44-41(43-30)54-29-31-16-22-36(52-2)23-17-31)46(34-18-20-35(21-19-34)47(50)51)37(48)15-10-26-45-27-24-42(25-28-45,32-11-6-4-7-12-32)33-13-8-5-9-14-33/h4-9,11-14,16-23,39H,10,15,24-29H2,1-3H3,(H,43,44). The van der Waals surface area contributed by atoms with Gasteiger partial charge in [0.15, 0.2) is 5.17 Å². The molecule has 4 aromatic rings. The van der Waals surface area contributed by atoms with Gasteiger partial charge in [-0.1, -0.05) is 84.6 Å². The Labute approximate surface area is 320 Å². The molecule has 1 amide bonds. The Morgan fingerprint density at radius 2 is 1.54 bits per heavy atom. The number of hydrogen-bond acceptors (Lipinski definition) is 10. The lowest BCUT2D eigenvalue weighted by atomic mass is 9.68. The molecule has 1 unspecified atom stereocenters. The van der Waals surface area contributed by atoms with Gasteiger partial charge in [-0.25, -0.2) is 9.79 Å². The van der Waals surface area contributed by atoms with E-state index >= 15 is 0 Å². The first-order valence-corrected chi connectivity index (χ1v) is 19.0. The summed E-state index contributed by atoms with van der Waals surface area (Å²) in [4.78, 5) is 47.3. The van der Waals surface area contributed by atoms with Crippen molar-refractivity contribution < 1.29 is 24.0 Å². The van der Waals surface area contributed by atoms with E-state index in [1.807, 2.05) is 24.3 Å². The fourth-order valence-corrected chi connectivity index (χ4v) is 8.20. The van der Waals surface area contributed by atoms with Crippen molar-refractivity contribution in [3.05, 3.63) is 147 Å². The normalized spacial score (nSPS) is 16.9. The van der Waals surface area contributed by atoms with Crippen LogP contribution in [0.2, 0.25) is 0 Å². The highest BCUT2D eigenvalue weighted by molar-refractivity contribution is 8.13. The van der Waals surface area contributed by atoms with E-state index in [2.05, 4.69) is 75.9 Å². The number of esters is 1. The van der Waals surface area contributed by atoms with Crippen molar-refractivity contribution in [2.75, 3.05) is 38.8 Å². The van der Waals surface area contributed by atoms with Crippen molar-refractivity contribution in [1.82, 2.24) is 10.2 Å². The number of rotatable bonds is 13. The van der Waals surface area contributed by atoms with E-state index < -0.39 is 17.1 Å². The summed E-state index contributed by atoms with van der Waals surface area (Å²) in [5.41, 5.74) is 4.50. The number of hydrogen-bond donors (Lipinski definition) is 1. The van der Waals surface area contributed by atoms with Crippen LogP contribution in [0.4, 0.5) is 11.4 Å². The Bertz CT molecular complexity index is 1940. The van der Waals surface area contributed by atoms with Gasteiger partial charge in [0.1, 0.15) is 17.5 Å². The Kier molecular flexibility index (Phi) is 12.5. The zero-order valence-corrected chi connectivity index (χ0v) is 31.6. The van der Waals surface area contributed by atoms with Crippen LogP contribution < -0.4 is 15.0 Å². The maximum absolute atomic E-state index is 14.4. The number of nitrogens with one attached hydrogen (secondary N) is 1. The number of allylic oxidation sites excluding steroid dienone is 1. The minimum atomic E-state index is -0.963. The number of carbonyl (C=O) groups excluding carboxylic acids is 2. The molecule has 0 spiro atoms. The number of methoxy groups -OCH3 is 2. The van der Waals surface area contributed by atoms with Crippen molar-refractivity contribution in [2.24, 2.45) is 4.99 Å². The SMILES string of the molecule is COC(=O)C1=C(C)N=C(SCc2ccc(OC)cc2)NC1N(C(=O)CCCN1CCC(c2ccccc2)(c2ccccc2)CC1)c1ccc([N+](=O)[O-])cc1. The van der Waals surface area contributed by atoms with Gasteiger partial charge in [0, 0.05) is 35.4 Å². The molecule has 1 fully saturated rings. The van der Waals surface area contributed by atoms with E-state index in [0.717, 1.165) is 43.8 Å². The van der Waals surface area contributed by atoms with Gasteiger partial charge in [-0.15, -0.1) is 0 Å². The summed E-state index contributed by atoms with van der Waals surface area (Å²) in [7, 11) is 2.91. The molecule has 2 aliphatic heterocycles. The first-order chi connectivity index (χ1) is 26.2. The predicted molar refractivity (Wildman–Crippen MR) is 213 cm³/mol. The van der Waals surface area contributed by atoms with Gasteiger partial charge in [-0.3, -0.25) is 19.8 Å². The number of nitro benzene ring substituents is 1. The van der Waals surface area contributed by atoms with Crippen molar-refractivity contribution in [3.8, 4) is 5.75 Å². The molecule has 0 aliphatic carbocycles. The molecule has 280 valence electrons. The lowest BCUT2D eigenvalue weighted by Gasteiger charge is -2.43. The Morgan fingerprint density at radius 1 is 0.926 bits per heavy atom. The monoisotopic (exact) mass is 747 g/mol. The first kappa shape index (κ1) is 38.3. The van der Waals surface area contributed by atoms with E-state index in [1.54, 1.807) is 14.0 Å². The largest absolute Gasteiger partial charge is 0.497 e. The third kappa shape index (κ3) is 8.67. The summed E-state index contributed by atoms with van der Waals surface area (Å²) < 4.78 is 10.5. The van der Waals surface area contributed by atoms with Crippen LogP contribution in [0.15, 0.2) is 125 Å². The van der Waals surface area contributed by atoms with Crippen molar-refractivity contribution in [1.29, 1.82) is 0 Å². The molecule has 2 heterocycles. The number of carbonyl (C=O) groups is 2. The lowest BCUT2D eigenvalue weighted by Crippen LogP contribution is -2.55. The van der Waals surface area contributed by atoms with Crippen LogP contribution in [0.25, 0.3) is 0 Å². The van der Waals surface area contributed by atoms with Crippen LogP contribution in [-0.4, -0.2) is 66.9 Å².